The molecule has 0 saturated heterocycles. The lowest BCUT2D eigenvalue weighted by Crippen LogP contribution is -2.52. The highest BCUT2D eigenvalue weighted by molar-refractivity contribution is 7.90. The first-order chi connectivity index (χ1) is 13.6. The Morgan fingerprint density at radius 1 is 1.21 bits per heavy atom. The Labute approximate surface area is 175 Å². The van der Waals surface area contributed by atoms with Crippen molar-refractivity contribution in [1.82, 2.24) is 0 Å². The monoisotopic (exact) mass is 434 g/mol. The van der Waals surface area contributed by atoms with Crippen LogP contribution in [0.3, 0.4) is 0 Å². The molecule has 0 spiro atoms. The number of nitrogens with zero attached hydrogens (tertiary/aromatic N) is 1. The lowest BCUT2D eigenvalue weighted by atomic mass is 9.97. The van der Waals surface area contributed by atoms with E-state index in [1.807, 2.05) is 13.8 Å². The van der Waals surface area contributed by atoms with Crippen LogP contribution in [-0.4, -0.2) is 32.5 Å². The minimum atomic E-state index is -3.45. The van der Waals surface area contributed by atoms with Crippen LogP contribution in [-0.2, 0) is 25.8 Å². The van der Waals surface area contributed by atoms with E-state index >= 15 is 0 Å². The van der Waals surface area contributed by atoms with E-state index in [4.69, 9.17) is 11.6 Å². The summed E-state index contributed by atoms with van der Waals surface area (Å²) in [5.41, 5.74) is 1.47. The highest BCUT2D eigenvalue weighted by Gasteiger charge is 2.37. The van der Waals surface area contributed by atoms with Gasteiger partial charge in [-0.25, -0.2) is 8.42 Å². The third-order valence-corrected chi connectivity index (χ3v) is 6.27. The van der Waals surface area contributed by atoms with E-state index in [1.54, 1.807) is 30.3 Å². The van der Waals surface area contributed by atoms with Crippen molar-refractivity contribution >= 4 is 44.6 Å². The van der Waals surface area contributed by atoms with Gasteiger partial charge < -0.3 is 5.32 Å². The van der Waals surface area contributed by atoms with Crippen LogP contribution in [0, 0.1) is 5.92 Å². The van der Waals surface area contributed by atoms with Crippen molar-refractivity contribution < 1.29 is 18.0 Å². The molecular weight excluding hydrogens is 412 g/mol. The maximum absolute atomic E-state index is 13.3. The third-order valence-electron chi connectivity index (χ3n) is 4.79. The first kappa shape index (κ1) is 21.3. The summed E-state index contributed by atoms with van der Waals surface area (Å²) in [6.45, 7) is 3.96. The number of sulfone groups is 1. The van der Waals surface area contributed by atoms with Crippen LogP contribution in [0.25, 0.3) is 0 Å². The van der Waals surface area contributed by atoms with Crippen LogP contribution >= 0.6 is 11.6 Å². The molecule has 0 fully saturated rings. The second-order valence-corrected chi connectivity index (χ2v) is 10.0. The normalized spacial score (nSPS) is 16.5. The number of carbonyl (C=O) groups excluding carboxylic acids is 2. The van der Waals surface area contributed by atoms with E-state index in [-0.39, 0.29) is 29.0 Å². The summed E-state index contributed by atoms with van der Waals surface area (Å²) in [5.74, 6) is -0.422. The van der Waals surface area contributed by atoms with Gasteiger partial charge in [0.2, 0.25) is 11.8 Å². The molecular formula is C21H23ClN2O4S. The quantitative estimate of drug-likeness (QED) is 0.777. The van der Waals surface area contributed by atoms with Gasteiger partial charge in [0.25, 0.3) is 0 Å². The fourth-order valence-corrected chi connectivity index (χ4v) is 4.26. The SMILES string of the molecule is CC(C)CC1C(=O)Nc2cc(S(C)(=O)=O)ccc2N1C(=O)Cc1ccccc1Cl. The minimum absolute atomic E-state index is 0.0365. The Bertz CT molecular complexity index is 1070. The highest BCUT2D eigenvalue weighted by Crippen LogP contribution is 2.36. The summed E-state index contributed by atoms with van der Waals surface area (Å²) < 4.78 is 23.8. The summed E-state index contributed by atoms with van der Waals surface area (Å²) >= 11 is 6.21. The maximum Gasteiger partial charge on any atom is 0.247 e. The molecule has 0 aromatic heterocycles. The predicted octanol–water partition coefficient (Wildman–Crippen LogP) is 3.69. The molecule has 2 amide bonds. The fourth-order valence-electron chi connectivity index (χ4n) is 3.41. The molecule has 1 aliphatic rings. The number of amides is 2. The first-order valence-electron chi connectivity index (χ1n) is 9.28. The Kier molecular flexibility index (Phi) is 6.00. The van der Waals surface area contributed by atoms with Gasteiger partial charge in [-0.3, -0.25) is 14.5 Å². The van der Waals surface area contributed by atoms with Crippen LogP contribution in [0.4, 0.5) is 11.4 Å². The Morgan fingerprint density at radius 3 is 2.52 bits per heavy atom. The molecule has 0 aliphatic carbocycles. The molecule has 0 saturated carbocycles. The molecule has 1 N–H and O–H groups in total. The van der Waals surface area contributed by atoms with Crippen molar-refractivity contribution in [2.75, 3.05) is 16.5 Å². The largest absolute Gasteiger partial charge is 0.322 e. The summed E-state index contributed by atoms with van der Waals surface area (Å²) in [7, 11) is -3.45. The van der Waals surface area contributed by atoms with Crippen molar-refractivity contribution in [3.8, 4) is 0 Å². The lowest BCUT2D eigenvalue weighted by molar-refractivity contribution is -0.124. The van der Waals surface area contributed by atoms with E-state index in [0.29, 0.717) is 28.4 Å². The standard InChI is InChI=1S/C21H23ClN2O4S/c1-13(2)10-19-21(26)23-17-12-15(29(3,27)28)8-9-18(17)24(19)20(25)11-14-6-4-5-7-16(14)22/h4-9,12-13,19H,10-11H2,1-3H3,(H,23,26). The average molecular weight is 435 g/mol. The number of halogens is 1. The van der Waals surface area contributed by atoms with Crippen LogP contribution in [0.5, 0.6) is 0 Å². The topological polar surface area (TPSA) is 83.6 Å². The van der Waals surface area contributed by atoms with Gasteiger partial charge in [-0.15, -0.1) is 0 Å². The Morgan fingerprint density at radius 2 is 1.90 bits per heavy atom. The van der Waals surface area contributed by atoms with Crippen molar-refractivity contribution in [2.24, 2.45) is 5.92 Å². The van der Waals surface area contributed by atoms with Crippen molar-refractivity contribution in [1.29, 1.82) is 0 Å². The van der Waals surface area contributed by atoms with Crippen LogP contribution in [0.1, 0.15) is 25.8 Å². The fraction of sp³-hybridized carbons (Fsp3) is 0.333. The zero-order valence-electron chi connectivity index (χ0n) is 16.5. The third kappa shape index (κ3) is 4.62. The van der Waals surface area contributed by atoms with Crippen LogP contribution in [0.15, 0.2) is 47.4 Å². The van der Waals surface area contributed by atoms with Crippen molar-refractivity contribution in [3.05, 3.63) is 53.1 Å². The van der Waals surface area contributed by atoms with Gasteiger partial charge in [0.1, 0.15) is 6.04 Å². The molecule has 2 aromatic rings. The molecule has 1 atom stereocenters. The van der Waals surface area contributed by atoms with E-state index in [9.17, 15) is 18.0 Å². The minimum Gasteiger partial charge on any atom is -0.322 e. The Balaban J connectivity index is 2.06. The number of nitrogens with one attached hydrogen (secondary N) is 1. The van der Waals surface area contributed by atoms with Gasteiger partial charge in [-0.2, -0.15) is 0 Å². The second-order valence-electron chi connectivity index (χ2n) is 7.62. The van der Waals surface area contributed by atoms with Gasteiger partial charge in [0.05, 0.1) is 22.7 Å². The van der Waals surface area contributed by atoms with E-state index in [2.05, 4.69) is 5.32 Å². The Hall–Kier alpha value is -2.38. The number of benzene rings is 2. The molecule has 0 radical (unpaired) electrons. The van der Waals surface area contributed by atoms with Gasteiger partial charge in [-0.1, -0.05) is 43.6 Å². The zero-order valence-corrected chi connectivity index (χ0v) is 18.0. The molecule has 1 unspecified atom stereocenters. The predicted molar refractivity (Wildman–Crippen MR) is 114 cm³/mol. The number of rotatable bonds is 5. The number of carbonyl (C=O) groups is 2. The van der Waals surface area contributed by atoms with Gasteiger partial charge in [0, 0.05) is 11.3 Å². The van der Waals surface area contributed by atoms with E-state index in [0.717, 1.165) is 6.26 Å². The van der Waals surface area contributed by atoms with E-state index in [1.165, 1.54) is 17.0 Å². The number of hydrogen-bond donors (Lipinski definition) is 1. The molecule has 2 aromatic carbocycles. The summed E-state index contributed by atoms with van der Waals surface area (Å²) in [5, 5.41) is 3.25. The molecule has 3 rings (SSSR count). The smallest absolute Gasteiger partial charge is 0.247 e. The van der Waals surface area contributed by atoms with Gasteiger partial charge in [0.15, 0.2) is 9.84 Å². The molecule has 8 heteroatoms. The number of anilines is 2. The second kappa shape index (κ2) is 8.16. The molecule has 1 heterocycles. The number of hydrogen-bond acceptors (Lipinski definition) is 4. The molecule has 29 heavy (non-hydrogen) atoms. The molecule has 0 bridgehead atoms. The van der Waals surface area contributed by atoms with Crippen LogP contribution in [0.2, 0.25) is 5.02 Å². The van der Waals surface area contributed by atoms with Crippen molar-refractivity contribution in [3.63, 3.8) is 0 Å². The van der Waals surface area contributed by atoms with Gasteiger partial charge in [-0.05, 0) is 42.2 Å². The summed E-state index contributed by atoms with van der Waals surface area (Å²) in [6, 6.07) is 10.8. The summed E-state index contributed by atoms with van der Waals surface area (Å²) in [4.78, 5) is 27.6. The number of fused-ring (bicyclic) bond motifs is 1. The van der Waals surface area contributed by atoms with Gasteiger partial charge >= 0.3 is 0 Å². The maximum atomic E-state index is 13.3. The van der Waals surface area contributed by atoms with Crippen LogP contribution < -0.4 is 10.2 Å². The highest BCUT2D eigenvalue weighted by atomic mass is 35.5. The van der Waals surface area contributed by atoms with Crippen molar-refractivity contribution in [2.45, 2.75) is 37.6 Å². The molecule has 6 nitrogen and oxygen atoms in total. The summed E-state index contributed by atoms with van der Waals surface area (Å²) in [6.07, 6.45) is 1.61. The zero-order chi connectivity index (χ0) is 21.3. The van der Waals surface area contributed by atoms with E-state index < -0.39 is 15.9 Å². The average Bonchev–Trinajstić information content (AvgIpc) is 2.62. The molecule has 154 valence electrons. The first-order valence-corrected chi connectivity index (χ1v) is 11.6. The lowest BCUT2D eigenvalue weighted by Gasteiger charge is -2.37. The molecule has 1 aliphatic heterocycles.